The number of rotatable bonds is 5. The van der Waals surface area contributed by atoms with E-state index in [1.165, 1.54) is 7.11 Å². The number of piperidine rings is 1. The van der Waals surface area contributed by atoms with E-state index in [4.69, 9.17) is 4.74 Å². The van der Waals surface area contributed by atoms with Gasteiger partial charge in [-0.05, 0) is 38.7 Å². The van der Waals surface area contributed by atoms with Crippen LogP contribution in [0.4, 0.5) is 0 Å². The number of carbonyl (C=O) groups excluding carboxylic acids is 3. The van der Waals surface area contributed by atoms with E-state index in [2.05, 4.69) is 10.3 Å². The number of amides is 2. The molecular weight excluding hydrogens is 322 g/mol. The molecule has 2 N–H and O–H groups in total. The van der Waals surface area contributed by atoms with E-state index in [0.717, 1.165) is 0 Å². The van der Waals surface area contributed by atoms with Crippen LogP contribution in [0.1, 0.15) is 58.8 Å². The fourth-order valence-corrected chi connectivity index (χ4v) is 3.34. The fraction of sp³-hybridized carbons (Fsp3) is 0.611. The molecule has 1 saturated heterocycles. The molecule has 7 nitrogen and oxygen atoms in total. The van der Waals surface area contributed by atoms with Crippen LogP contribution >= 0.6 is 0 Å². The Morgan fingerprint density at radius 2 is 1.88 bits per heavy atom. The van der Waals surface area contributed by atoms with Crippen molar-refractivity contribution in [3.05, 3.63) is 22.5 Å². The third kappa shape index (κ3) is 3.86. The number of H-pyrrole nitrogens is 1. The van der Waals surface area contributed by atoms with Crippen molar-refractivity contribution in [1.29, 1.82) is 0 Å². The van der Waals surface area contributed by atoms with Gasteiger partial charge in [-0.3, -0.25) is 9.59 Å². The summed E-state index contributed by atoms with van der Waals surface area (Å²) in [6.07, 6.45) is 1.92. The molecule has 1 aliphatic rings. The highest BCUT2D eigenvalue weighted by atomic mass is 16.5. The molecule has 2 heterocycles. The van der Waals surface area contributed by atoms with Gasteiger partial charge in [0, 0.05) is 31.2 Å². The van der Waals surface area contributed by atoms with Gasteiger partial charge in [-0.25, -0.2) is 4.79 Å². The molecule has 1 aromatic heterocycles. The van der Waals surface area contributed by atoms with E-state index in [0.29, 0.717) is 61.4 Å². The summed E-state index contributed by atoms with van der Waals surface area (Å²) in [5, 5.41) is 2.84. The van der Waals surface area contributed by atoms with Gasteiger partial charge in [0.05, 0.1) is 12.7 Å². The Morgan fingerprint density at radius 3 is 2.40 bits per heavy atom. The van der Waals surface area contributed by atoms with Crippen molar-refractivity contribution < 1.29 is 19.1 Å². The molecule has 1 fully saturated rings. The molecule has 7 heteroatoms. The molecule has 2 rings (SSSR count). The van der Waals surface area contributed by atoms with Crippen LogP contribution in [-0.2, 0) is 16.0 Å². The van der Waals surface area contributed by atoms with Gasteiger partial charge in [0.15, 0.2) is 0 Å². The number of aromatic amines is 1. The lowest BCUT2D eigenvalue weighted by molar-refractivity contribution is -0.126. The molecule has 1 aromatic rings. The summed E-state index contributed by atoms with van der Waals surface area (Å²) in [5.74, 6) is -0.534. The monoisotopic (exact) mass is 349 g/mol. The quantitative estimate of drug-likeness (QED) is 0.791. The van der Waals surface area contributed by atoms with Gasteiger partial charge in [-0.2, -0.15) is 0 Å². The van der Waals surface area contributed by atoms with Crippen molar-refractivity contribution in [2.45, 2.75) is 40.0 Å². The van der Waals surface area contributed by atoms with E-state index in [1.54, 1.807) is 11.8 Å². The predicted molar refractivity (Wildman–Crippen MR) is 93.6 cm³/mol. The lowest BCUT2D eigenvalue weighted by Crippen LogP contribution is -2.43. The highest BCUT2D eigenvalue weighted by molar-refractivity contribution is 6.00. The minimum atomic E-state index is -0.431. The van der Waals surface area contributed by atoms with Gasteiger partial charge in [0.1, 0.15) is 5.69 Å². The van der Waals surface area contributed by atoms with Crippen molar-refractivity contribution in [3.8, 4) is 0 Å². The Labute approximate surface area is 148 Å². The van der Waals surface area contributed by atoms with Crippen molar-refractivity contribution in [2.24, 2.45) is 5.92 Å². The Hall–Kier alpha value is -2.31. The molecule has 1 aliphatic heterocycles. The maximum Gasteiger partial charge on any atom is 0.339 e. The molecule has 0 aliphatic carbocycles. The Bertz CT molecular complexity index is 658. The molecule has 0 spiro atoms. The van der Waals surface area contributed by atoms with E-state index in [9.17, 15) is 14.4 Å². The van der Waals surface area contributed by atoms with Gasteiger partial charge >= 0.3 is 5.97 Å². The zero-order valence-corrected chi connectivity index (χ0v) is 15.4. The molecule has 0 radical (unpaired) electrons. The second-order valence-electron chi connectivity index (χ2n) is 6.28. The second kappa shape index (κ2) is 8.18. The third-order valence-corrected chi connectivity index (χ3v) is 4.79. The highest BCUT2D eigenvalue weighted by Gasteiger charge is 2.30. The van der Waals surface area contributed by atoms with Crippen LogP contribution in [0.25, 0.3) is 0 Å². The molecule has 25 heavy (non-hydrogen) atoms. The summed E-state index contributed by atoms with van der Waals surface area (Å²) >= 11 is 0. The van der Waals surface area contributed by atoms with Gasteiger partial charge in [-0.1, -0.05) is 6.92 Å². The maximum absolute atomic E-state index is 12.9. The Kier molecular flexibility index (Phi) is 6.22. The Morgan fingerprint density at radius 1 is 1.24 bits per heavy atom. The molecular formula is C18H27N3O4. The number of aromatic nitrogens is 1. The molecule has 0 atom stereocenters. The van der Waals surface area contributed by atoms with Crippen LogP contribution in [0.15, 0.2) is 0 Å². The number of nitrogens with zero attached hydrogens (tertiary/aromatic N) is 1. The summed E-state index contributed by atoms with van der Waals surface area (Å²) in [6.45, 7) is 7.27. The van der Waals surface area contributed by atoms with Crippen molar-refractivity contribution in [1.82, 2.24) is 15.2 Å². The average molecular weight is 349 g/mol. The fourth-order valence-electron chi connectivity index (χ4n) is 3.34. The van der Waals surface area contributed by atoms with Crippen molar-refractivity contribution in [2.75, 3.05) is 26.7 Å². The first-order valence-corrected chi connectivity index (χ1v) is 8.81. The lowest BCUT2D eigenvalue weighted by Gasteiger charge is -2.31. The molecule has 0 bridgehead atoms. The maximum atomic E-state index is 12.9. The first kappa shape index (κ1) is 19.0. The zero-order chi connectivity index (χ0) is 18.6. The van der Waals surface area contributed by atoms with Gasteiger partial charge in [0.25, 0.3) is 5.91 Å². The number of hydrogen-bond donors (Lipinski definition) is 2. The SMILES string of the molecule is CCNC(=O)C1CCN(C(=O)c2[nH]c(CC)c(C(=O)OC)c2C)CC1. The number of likely N-dealkylation sites (tertiary alicyclic amines) is 1. The van der Waals surface area contributed by atoms with Crippen LogP contribution in [0.2, 0.25) is 0 Å². The summed E-state index contributed by atoms with van der Waals surface area (Å²) in [5.41, 5.74) is 2.23. The highest BCUT2D eigenvalue weighted by Crippen LogP contribution is 2.24. The largest absolute Gasteiger partial charge is 0.465 e. The second-order valence-corrected chi connectivity index (χ2v) is 6.28. The van der Waals surface area contributed by atoms with Gasteiger partial charge < -0.3 is 19.9 Å². The molecule has 0 saturated carbocycles. The predicted octanol–water partition coefficient (Wildman–Crippen LogP) is 1.66. The molecule has 138 valence electrons. The van der Waals surface area contributed by atoms with Gasteiger partial charge in [0.2, 0.25) is 5.91 Å². The topological polar surface area (TPSA) is 91.5 Å². The number of nitrogens with one attached hydrogen (secondary N) is 2. The van der Waals surface area contributed by atoms with Crippen LogP contribution in [-0.4, -0.2) is 54.4 Å². The van der Waals surface area contributed by atoms with Crippen LogP contribution in [0, 0.1) is 12.8 Å². The van der Waals surface area contributed by atoms with Crippen LogP contribution in [0.3, 0.4) is 0 Å². The number of aryl methyl sites for hydroxylation is 1. The standard InChI is InChI=1S/C18H27N3O4/c1-5-13-14(18(24)25-4)11(3)15(20-13)17(23)21-9-7-12(8-10-21)16(22)19-6-2/h12,20H,5-10H2,1-4H3,(H,19,22). The Balaban J connectivity index is 2.13. The van der Waals surface area contributed by atoms with Crippen LogP contribution in [0.5, 0.6) is 0 Å². The summed E-state index contributed by atoms with van der Waals surface area (Å²) in [6, 6.07) is 0. The number of ether oxygens (including phenoxy) is 1. The first-order valence-electron chi connectivity index (χ1n) is 8.81. The first-order chi connectivity index (χ1) is 11.9. The van der Waals surface area contributed by atoms with Crippen molar-refractivity contribution >= 4 is 17.8 Å². The number of methoxy groups -OCH3 is 1. The average Bonchev–Trinajstić information content (AvgIpc) is 2.97. The van der Waals surface area contributed by atoms with E-state index < -0.39 is 5.97 Å². The minimum absolute atomic E-state index is 0.0365. The van der Waals surface area contributed by atoms with E-state index in [1.807, 2.05) is 13.8 Å². The summed E-state index contributed by atoms with van der Waals surface area (Å²) in [4.78, 5) is 41.6. The molecule has 0 unspecified atom stereocenters. The minimum Gasteiger partial charge on any atom is -0.465 e. The normalized spacial score (nSPS) is 15.1. The number of carbonyl (C=O) groups is 3. The zero-order valence-electron chi connectivity index (χ0n) is 15.4. The molecule has 0 aromatic carbocycles. The smallest absolute Gasteiger partial charge is 0.339 e. The third-order valence-electron chi connectivity index (χ3n) is 4.79. The van der Waals surface area contributed by atoms with E-state index >= 15 is 0 Å². The van der Waals surface area contributed by atoms with Crippen LogP contribution < -0.4 is 5.32 Å². The summed E-state index contributed by atoms with van der Waals surface area (Å²) in [7, 11) is 1.34. The molecule has 2 amide bonds. The number of esters is 1. The number of hydrogen-bond acceptors (Lipinski definition) is 4. The van der Waals surface area contributed by atoms with E-state index in [-0.39, 0.29) is 17.7 Å². The lowest BCUT2D eigenvalue weighted by atomic mass is 9.95. The summed E-state index contributed by atoms with van der Waals surface area (Å²) < 4.78 is 4.83. The van der Waals surface area contributed by atoms with Gasteiger partial charge in [-0.15, -0.1) is 0 Å². The van der Waals surface area contributed by atoms with Crippen molar-refractivity contribution in [3.63, 3.8) is 0 Å².